The van der Waals surface area contributed by atoms with Gasteiger partial charge in [0, 0.05) is 39.3 Å². The Bertz CT molecular complexity index is 380. The number of urea groups is 1. The molecule has 2 heterocycles. The van der Waals surface area contributed by atoms with Crippen molar-refractivity contribution in [2.75, 3.05) is 39.8 Å². The maximum absolute atomic E-state index is 12.6. The summed E-state index contributed by atoms with van der Waals surface area (Å²) in [7, 11) is 1.86. The van der Waals surface area contributed by atoms with Crippen LogP contribution in [0.2, 0.25) is 0 Å². The Morgan fingerprint density at radius 1 is 1.19 bits per heavy atom. The van der Waals surface area contributed by atoms with E-state index in [1.165, 1.54) is 0 Å². The minimum atomic E-state index is -0.786. The molecular weight excluding hydrogens is 270 g/mol. The van der Waals surface area contributed by atoms with Gasteiger partial charge >= 0.3 is 12.0 Å². The smallest absolute Gasteiger partial charge is 0.320 e. The van der Waals surface area contributed by atoms with E-state index in [1.54, 1.807) is 4.90 Å². The molecule has 2 aliphatic heterocycles. The van der Waals surface area contributed by atoms with Gasteiger partial charge in [0.15, 0.2) is 0 Å². The predicted molar refractivity (Wildman–Crippen MR) is 80.2 cm³/mol. The molecule has 0 bridgehead atoms. The fourth-order valence-electron chi connectivity index (χ4n) is 3.35. The molecule has 2 rings (SSSR count). The summed E-state index contributed by atoms with van der Waals surface area (Å²) < 4.78 is 0. The summed E-state index contributed by atoms with van der Waals surface area (Å²) in [4.78, 5) is 29.6. The lowest BCUT2D eigenvalue weighted by Gasteiger charge is -2.40. The molecule has 0 spiro atoms. The molecule has 0 saturated carbocycles. The Balaban J connectivity index is 1.88. The van der Waals surface area contributed by atoms with Crippen molar-refractivity contribution in [1.29, 1.82) is 0 Å². The molecule has 0 radical (unpaired) electrons. The van der Waals surface area contributed by atoms with Crippen molar-refractivity contribution in [3.8, 4) is 0 Å². The van der Waals surface area contributed by atoms with Gasteiger partial charge < -0.3 is 19.8 Å². The molecule has 2 amide bonds. The van der Waals surface area contributed by atoms with Crippen molar-refractivity contribution >= 4 is 12.0 Å². The Morgan fingerprint density at radius 3 is 2.43 bits per heavy atom. The average Bonchev–Trinajstić information content (AvgIpc) is 2.53. The number of rotatable bonds is 3. The van der Waals surface area contributed by atoms with Gasteiger partial charge in [0.1, 0.15) is 0 Å². The van der Waals surface area contributed by atoms with Gasteiger partial charge in [-0.05, 0) is 32.2 Å². The summed E-state index contributed by atoms with van der Waals surface area (Å²) in [5.74, 6) is -1.19. The molecule has 21 heavy (non-hydrogen) atoms. The van der Waals surface area contributed by atoms with E-state index in [4.69, 9.17) is 5.11 Å². The van der Waals surface area contributed by atoms with Gasteiger partial charge in [-0.2, -0.15) is 0 Å². The zero-order valence-corrected chi connectivity index (χ0v) is 13.1. The Morgan fingerprint density at radius 2 is 1.86 bits per heavy atom. The van der Waals surface area contributed by atoms with E-state index in [9.17, 15) is 9.59 Å². The van der Waals surface area contributed by atoms with E-state index in [2.05, 4.69) is 11.8 Å². The van der Waals surface area contributed by atoms with Gasteiger partial charge in [0.05, 0.1) is 5.92 Å². The number of nitrogens with zero attached hydrogens (tertiary/aromatic N) is 3. The molecular formula is C15H27N3O3. The lowest BCUT2D eigenvalue weighted by atomic mass is 9.98. The van der Waals surface area contributed by atoms with Crippen molar-refractivity contribution in [2.45, 2.75) is 38.6 Å². The second-order valence-electron chi connectivity index (χ2n) is 6.18. The maximum atomic E-state index is 12.6. The third-order valence-corrected chi connectivity index (χ3v) is 4.89. The number of carboxylic acids is 1. The van der Waals surface area contributed by atoms with Crippen LogP contribution in [0.5, 0.6) is 0 Å². The third-order valence-electron chi connectivity index (χ3n) is 4.89. The van der Waals surface area contributed by atoms with Crippen LogP contribution in [0.15, 0.2) is 0 Å². The molecule has 6 heteroatoms. The number of carbonyl (C=O) groups is 2. The molecule has 2 fully saturated rings. The molecule has 2 saturated heterocycles. The molecule has 0 aromatic heterocycles. The fourth-order valence-corrected chi connectivity index (χ4v) is 3.35. The van der Waals surface area contributed by atoms with Gasteiger partial charge in [-0.3, -0.25) is 4.79 Å². The third kappa shape index (κ3) is 3.87. The van der Waals surface area contributed by atoms with Crippen molar-refractivity contribution in [3.63, 3.8) is 0 Å². The molecule has 1 N–H and O–H groups in total. The Kier molecular flexibility index (Phi) is 5.45. The second-order valence-corrected chi connectivity index (χ2v) is 6.18. The van der Waals surface area contributed by atoms with Gasteiger partial charge in [0.25, 0.3) is 0 Å². The SMILES string of the molecule is CCN1CCC(N(C)C(=O)N2CCCC(C(=O)O)C2)CC1. The van der Waals surface area contributed by atoms with Crippen LogP contribution in [0.25, 0.3) is 0 Å². The summed E-state index contributed by atoms with van der Waals surface area (Å²) in [6.45, 7) is 6.34. The molecule has 1 atom stereocenters. The minimum absolute atomic E-state index is 0.00380. The molecule has 2 aliphatic rings. The number of carboxylic acid groups (broad SMARTS) is 1. The molecule has 0 aromatic rings. The minimum Gasteiger partial charge on any atom is -0.481 e. The number of piperidine rings is 2. The highest BCUT2D eigenvalue weighted by molar-refractivity contribution is 5.76. The van der Waals surface area contributed by atoms with Crippen LogP contribution in [0.4, 0.5) is 4.79 Å². The lowest BCUT2D eigenvalue weighted by molar-refractivity contribution is -0.143. The van der Waals surface area contributed by atoms with Crippen LogP contribution < -0.4 is 0 Å². The Labute approximate surface area is 126 Å². The van der Waals surface area contributed by atoms with Crippen molar-refractivity contribution in [1.82, 2.24) is 14.7 Å². The van der Waals surface area contributed by atoms with E-state index in [0.29, 0.717) is 19.5 Å². The second kappa shape index (κ2) is 7.11. The molecule has 0 aromatic carbocycles. The number of hydrogen-bond donors (Lipinski definition) is 1. The first-order valence-corrected chi connectivity index (χ1v) is 7.99. The predicted octanol–water partition coefficient (Wildman–Crippen LogP) is 1.32. The first-order valence-electron chi connectivity index (χ1n) is 7.99. The maximum Gasteiger partial charge on any atom is 0.320 e. The molecule has 0 aliphatic carbocycles. The average molecular weight is 297 g/mol. The van der Waals surface area contributed by atoms with Crippen LogP contribution >= 0.6 is 0 Å². The van der Waals surface area contributed by atoms with E-state index in [0.717, 1.165) is 38.9 Å². The number of likely N-dealkylation sites (tertiary alicyclic amines) is 2. The van der Waals surface area contributed by atoms with Crippen LogP contribution in [0, 0.1) is 5.92 Å². The zero-order valence-electron chi connectivity index (χ0n) is 13.1. The summed E-state index contributed by atoms with van der Waals surface area (Å²) in [6, 6.07) is 0.279. The van der Waals surface area contributed by atoms with Crippen LogP contribution in [-0.2, 0) is 4.79 Å². The number of carbonyl (C=O) groups excluding carboxylic acids is 1. The van der Waals surface area contributed by atoms with Gasteiger partial charge in [-0.25, -0.2) is 4.79 Å². The fraction of sp³-hybridized carbons (Fsp3) is 0.867. The quantitative estimate of drug-likeness (QED) is 0.853. The van der Waals surface area contributed by atoms with Crippen LogP contribution in [0.1, 0.15) is 32.6 Å². The molecule has 1 unspecified atom stereocenters. The number of aliphatic carboxylic acids is 1. The highest BCUT2D eigenvalue weighted by Crippen LogP contribution is 2.21. The summed E-state index contributed by atoms with van der Waals surface area (Å²) in [5, 5.41) is 9.12. The van der Waals surface area contributed by atoms with E-state index < -0.39 is 11.9 Å². The van der Waals surface area contributed by atoms with E-state index >= 15 is 0 Å². The van der Waals surface area contributed by atoms with Crippen LogP contribution in [-0.4, -0.2) is 77.6 Å². The topological polar surface area (TPSA) is 64.1 Å². The van der Waals surface area contributed by atoms with E-state index in [1.807, 2.05) is 11.9 Å². The van der Waals surface area contributed by atoms with Crippen molar-refractivity contribution < 1.29 is 14.7 Å². The number of amides is 2. The largest absolute Gasteiger partial charge is 0.481 e. The summed E-state index contributed by atoms with van der Waals surface area (Å²) >= 11 is 0. The zero-order chi connectivity index (χ0) is 15.4. The highest BCUT2D eigenvalue weighted by Gasteiger charge is 2.32. The summed E-state index contributed by atoms with van der Waals surface area (Å²) in [5.41, 5.74) is 0. The van der Waals surface area contributed by atoms with Gasteiger partial charge in [0.2, 0.25) is 0 Å². The first kappa shape index (κ1) is 16.1. The summed E-state index contributed by atoms with van der Waals surface area (Å²) in [6.07, 6.45) is 3.47. The van der Waals surface area contributed by atoms with Crippen LogP contribution in [0.3, 0.4) is 0 Å². The van der Waals surface area contributed by atoms with E-state index in [-0.39, 0.29) is 12.1 Å². The van der Waals surface area contributed by atoms with Gasteiger partial charge in [-0.1, -0.05) is 6.92 Å². The number of hydrogen-bond acceptors (Lipinski definition) is 3. The standard InChI is InChI=1S/C15H27N3O3/c1-3-17-9-6-13(7-10-17)16(2)15(21)18-8-4-5-12(11-18)14(19)20/h12-13H,3-11H2,1-2H3,(H,19,20). The highest BCUT2D eigenvalue weighted by atomic mass is 16.4. The lowest BCUT2D eigenvalue weighted by Crippen LogP contribution is -2.52. The monoisotopic (exact) mass is 297 g/mol. The molecule has 6 nitrogen and oxygen atoms in total. The Hall–Kier alpha value is -1.30. The van der Waals surface area contributed by atoms with Crippen molar-refractivity contribution in [2.24, 2.45) is 5.92 Å². The normalized spacial score (nSPS) is 24.9. The van der Waals surface area contributed by atoms with Crippen molar-refractivity contribution in [3.05, 3.63) is 0 Å². The molecule has 120 valence electrons. The van der Waals surface area contributed by atoms with Gasteiger partial charge in [-0.15, -0.1) is 0 Å². The first-order chi connectivity index (χ1) is 10.0.